The van der Waals surface area contributed by atoms with Crippen LogP contribution in [-0.2, 0) is 6.42 Å². The van der Waals surface area contributed by atoms with Gasteiger partial charge in [0.25, 0.3) is 5.91 Å². The highest BCUT2D eigenvalue weighted by molar-refractivity contribution is 5.95. The summed E-state index contributed by atoms with van der Waals surface area (Å²) in [4.78, 5) is 13.0. The Morgan fingerprint density at radius 3 is 2.53 bits per heavy atom. The van der Waals surface area contributed by atoms with Crippen molar-refractivity contribution < 1.29 is 4.79 Å². The average Bonchev–Trinajstić information content (AvgIpc) is 2.85. The third-order valence-corrected chi connectivity index (χ3v) is 5.81. The molecule has 158 valence electrons. The topological polar surface area (TPSA) is 66.9 Å². The Labute approximate surface area is 187 Å². The highest BCUT2D eigenvalue weighted by Gasteiger charge is 2.22. The van der Waals surface area contributed by atoms with Crippen molar-refractivity contribution in [3.05, 3.63) is 108 Å². The maximum absolute atomic E-state index is 13.0. The lowest BCUT2D eigenvalue weighted by Crippen LogP contribution is -2.31. The Hall–Kier alpha value is -3.99. The van der Waals surface area contributed by atoms with Crippen molar-refractivity contribution in [2.45, 2.75) is 25.3 Å². The highest BCUT2D eigenvalue weighted by atomic mass is 16.1. The van der Waals surface area contributed by atoms with E-state index in [2.05, 4.69) is 39.0 Å². The summed E-state index contributed by atoms with van der Waals surface area (Å²) in [7, 11) is 0. The molecule has 1 heterocycles. The summed E-state index contributed by atoms with van der Waals surface area (Å²) in [5.41, 5.74) is 5.81. The van der Waals surface area contributed by atoms with E-state index < -0.39 is 0 Å². The maximum atomic E-state index is 13.0. The fourth-order valence-corrected chi connectivity index (χ4v) is 4.19. The summed E-state index contributed by atoms with van der Waals surface area (Å²) >= 11 is 0. The number of aromatic nitrogens is 2. The second-order valence-electron chi connectivity index (χ2n) is 7.99. The number of aryl methyl sites for hydroxylation is 1. The summed E-state index contributed by atoms with van der Waals surface area (Å²) in [6, 6.07) is 29.7. The number of hydrogen-bond acceptors (Lipinski definition) is 4. The monoisotopic (exact) mass is 420 g/mol. The molecule has 1 atom stereocenters. The number of nitrogens with one attached hydrogen (secondary N) is 2. The van der Waals surface area contributed by atoms with E-state index in [1.807, 2.05) is 72.8 Å². The Bertz CT molecular complexity index is 1220. The van der Waals surface area contributed by atoms with Gasteiger partial charge in [-0.3, -0.25) is 4.79 Å². The van der Waals surface area contributed by atoms with Gasteiger partial charge in [-0.25, -0.2) is 0 Å². The number of carbonyl (C=O) groups is 1. The molecule has 0 spiro atoms. The molecule has 0 saturated carbocycles. The van der Waals surface area contributed by atoms with E-state index in [0.29, 0.717) is 11.4 Å². The summed E-state index contributed by atoms with van der Waals surface area (Å²) < 4.78 is 0. The van der Waals surface area contributed by atoms with E-state index >= 15 is 0 Å². The van der Waals surface area contributed by atoms with Crippen LogP contribution in [0.5, 0.6) is 0 Å². The first-order chi connectivity index (χ1) is 15.8. The summed E-state index contributed by atoms with van der Waals surface area (Å²) in [6.07, 6.45) is 3.12. The molecule has 5 nitrogen and oxygen atoms in total. The fourth-order valence-electron chi connectivity index (χ4n) is 4.19. The van der Waals surface area contributed by atoms with Crippen molar-refractivity contribution in [3.8, 4) is 11.3 Å². The average molecular weight is 421 g/mol. The van der Waals surface area contributed by atoms with Crippen LogP contribution in [0.2, 0.25) is 0 Å². The predicted octanol–water partition coefficient (Wildman–Crippen LogP) is 5.69. The molecule has 0 unspecified atom stereocenters. The number of hydrogen-bond donors (Lipinski definition) is 2. The highest BCUT2D eigenvalue weighted by Crippen LogP contribution is 2.30. The molecule has 0 saturated heterocycles. The predicted molar refractivity (Wildman–Crippen MR) is 127 cm³/mol. The zero-order valence-electron chi connectivity index (χ0n) is 17.7. The molecule has 5 heteroatoms. The molecule has 0 radical (unpaired) electrons. The minimum atomic E-state index is -0.0686. The molecule has 32 heavy (non-hydrogen) atoms. The van der Waals surface area contributed by atoms with E-state index in [1.165, 1.54) is 11.1 Å². The van der Waals surface area contributed by atoms with E-state index in [4.69, 9.17) is 0 Å². The zero-order chi connectivity index (χ0) is 21.8. The first kappa shape index (κ1) is 19.9. The summed E-state index contributed by atoms with van der Waals surface area (Å²) in [5, 5.41) is 15.0. The van der Waals surface area contributed by atoms with Gasteiger partial charge in [0.2, 0.25) is 0 Å². The molecular formula is C27H24N4O. The van der Waals surface area contributed by atoms with Crippen LogP contribution in [0, 0.1) is 0 Å². The molecule has 5 rings (SSSR count). The van der Waals surface area contributed by atoms with Gasteiger partial charge in [0.1, 0.15) is 0 Å². The number of nitrogens with zero attached hydrogens (tertiary/aromatic N) is 2. The number of amides is 1. The first-order valence-electron chi connectivity index (χ1n) is 10.9. The van der Waals surface area contributed by atoms with Crippen LogP contribution in [0.15, 0.2) is 91.0 Å². The molecule has 1 aliphatic rings. The Morgan fingerprint density at radius 1 is 0.844 bits per heavy atom. The van der Waals surface area contributed by atoms with Crippen molar-refractivity contribution in [1.29, 1.82) is 0 Å². The van der Waals surface area contributed by atoms with Crippen molar-refractivity contribution >= 4 is 17.4 Å². The minimum Gasteiger partial charge on any atom is -0.345 e. The van der Waals surface area contributed by atoms with Crippen molar-refractivity contribution in [3.63, 3.8) is 0 Å². The molecule has 1 aromatic heterocycles. The number of rotatable bonds is 5. The second kappa shape index (κ2) is 9.02. The van der Waals surface area contributed by atoms with Gasteiger partial charge in [-0.2, -0.15) is 0 Å². The smallest absolute Gasteiger partial charge is 0.251 e. The molecule has 3 aromatic carbocycles. The fraction of sp³-hybridized carbons (Fsp3) is 0.148. The number of carbonyl (C=O) groups excluding carboxylic acids is 1. The van der Waals surface area contributed by atoms with Crippen LogP contribution >= 0.6 is 0 Å². The van der Waals surface area contributed by atoms with E-state index in [-0.39, 0.29) is 11.9 Å². The summed E-state index contributed by atoms with van der Waals surface area (Å²) in [5.74, 6) is 0.560. The molecule has 0 fully saturated rings. The third-order valence-electron chi connectivity index (χ3n) is 5.81. The lowest BCUT2D eigenvalue weighted by Gasteiger charge is -2.26. The zero-order valence-corrected chi connectivity index (χ0v) is 17.7. The number of anilines is 2. The van der Waals surface area contributed by atoms with Crippen molar-refractivity contribution in [2.75, 3.05) is 5.32 Å². The summed E-state index contributed by atoms with van der Waals surface area (Å²) in [6.45, 7) is 0. The molecule has 4 aromatic rings. The van der Waals surface area contributed by atoms with Crippen molar-refractivity contribution in [1.82, 2.24) is 15.5 Å². The molecule has 0 aliphatic heterocycles. The first-order valence-corrected chi connectivity index (χ1v) is 10.9. The van der Waals surface area contributed by atoms with Gasteiger partial charge in [0.15, 0.2) is 5.82 Å². The Balaban J connectivity index is 1.28. The van der Waals surface area contributed by atoms with Gasteiger partial charge < -0.3 is 10.6 Å². The standard InChI is InChI=1S/C27H24N4O/c32-27(29-25-15-7-11-19-8-4-5-14-23(19)25)21-12-6-13-22(18-21)28-26-17-16-24(30-31-26)20-9-2-1-3-10-20/h1-6,8-10,12-14,16-18,25H,7,11,15H2,(H,28,31)(H,29,32)/t25-/m0/s1. The molecular weight excluding hydrogens is 396 g/mol. The maximum Gasteiger partial charge on any atom is 0.251 e. The van der Waals surface area contributed by atoms with Crippen LogP contribution in [-0.4, -0.2) is 16.1 Å². The van der Waals surface area contributed by atoms with Gasteiger partial charge in [0, 0.05) is 16.8 Å². The van der Waals surface area contributed by atoms with Crippen LogP contribution in [0.4, 0.5) is 11.5 Å². The number of benzene rings is 3. The molecule has 0 bridgehead atoms. The normalized spacial score (nSPS) is 14.9. The van der Waals surface area contributed by atoms with Gasteiger partial charge >= 0.3 is 0 Å². The molecule has 2 N–H and O–H groups in total. The number of fused-ring (bicyclic) bond motifs is 1. The van der Waals surface area contributed by atoms with E-state index in [0.717, 1.165) is 36.2 Å². The van der Waals surface area contributed by atoms with Crippen LogP contribution in [0.3, 0.4) is 0 Å². The van der Waals surface area contributed by atoms with Crippen LogP contribution < -0.4 is 10.6 Å². The third kappa shape index (κ3) is 4.37. The minimum absolute atomic E-state index is 0.0560. The lowest BCUT2D eigenvalue weighted by atomic mass is 9.87. The van der Waals surface area contributed by atoms with Gasteiger partial charge in [-0.1, -0.05) is 60.7 Å². The Kier molecular flexibility index (Phi) is 5.62. The second-order valence-corrected chi connectivity index (χ2v) is 7.99. The van der Waals surface area contributed by atoms with E-state index in [9.17, 15) is 4.79 Å². The van der Waals surface area contributed by atoms with Crippen LogP contribution in [0.25, 0.3) is 11.3 Å². The molecule has 1 aliphatic carbocycles. The van der Waals surface area contributed by atoms with Gasteiger partial charge in [-0.15, -0.1) is 10.2 Å². The Morgan fingerprint density at radius 2 is 1.69 bits per heavy atom. The lowest BCUT2D eigenvalue weighted by molar-refractivity contribution is 0.0933. The largest absolute Gasteiger partial charge is 0.345 e. The van der Waals surface area contributed by atoms with Gasteiger partial charge in [-0.05, 0) is 60.7 Å². The molecule has 1 amide bonds. The SMILES string of the molecule is O=C(N[C@H]1CCCc2ccccc21)c1cccc(Nc2ccc(-c3ccccc3)nn2)c1. The van der Waals surface area contributed by atoms with Crippen molar-refractivity contribution in [2.24, 2.45) is 0 Å². The van der Waals surface area contributed by atoms with Gasteiger partial charge in [0.05, 0.1) is 11.7 Å². The van der Waals surface area contributed by atoms with E-state index in [1.54, 1.807) is 0 Å². The van der Waals surface area contributed by atoms with Crippen LogP contribution in [0.1, 0.15) is 40.4 Å². The quantitative estimate of drug-likeness (QED) is 0.435.